The maximum absolute atomic E-state index is 12.7. The molecule has 1 saturated heterocycles. The van der Waals surface area contributed by atoms with Crippen LogP contribution in [0.1, 0.15) is 16.8 Å². The van der Waals surface area contributed by atoms with Crippen molar-refractivity contribution in [3.8, 4) is 11.5 Å². The van der Waals surface area contributed by atoms with Gasteiger partial charge >= 0.3 is 0 Å². The minimum atomic E-state index is -2.42. The highest BCUT2D eigenvalue weighted by molar-refractivity contribution is 5.96. The maximum atomic E-state index is 12.7. The number of carbonyl (C=O) groups excluding carboxylic acids is 2. The molecule has 0 spiro atoms. The number of carbonyl (C=O) groups is 2. The molecule has 7 heteroatoms. The molecule has 2 amide bonds. The van der Waals surface area contributed by atoms with Crippen LogP contribution >= 0.6 is 0 Å². The molecule has 0 unspecified atom stereocenters. The molecule has 0 aromatic heterocycles. The smallest absolute Gasteiger partial charge is 0.251 e. The Balaban J connectivity index is 1.49. The van der Waals surface area contributed by atoms with Crippen LogP contribution in [0.3, 0.4) is 0 Å². The van der Waals surface area contributed by atoms with Crippen molar-refractivity contribution in [2.75, 3.05) is 19.6 Å². The molecule has 0 bridgehead atoms. The van der Waals surface area contributed by atoms with Crippen LogP contribution in [0.4, 0.5) is 8.78 Å². The highest BCUT2D eigenvalue weighted by Gasteiger charge is 2.31. The number of rotatable bonds is 6. The number of para-hydroxylation sites is 1. The van der Waals surface area contributed by atoms with Gasteiger partial charge in [-0.15, -0.1) is 0 Å². The maximum Gasteiger partial charge on any atom is 0.251 e. The van der Waals surface area contributed by atoms with Crippen molar-refractivity contribution >= 4 is 11.8 Å². The van der Waals surface area contributed by atoms with E-state index in [0.29, 0.717) is 30.0 Å². The highest BCUT2D eigenvalue weighted by Crippen LogP contribution is 2.23. The average molecular weight is 374 g/mol. The lowest BCUT2D eigenvalue weighted by Crippen LogP contribution is -2.39. The molecular formula is C20H20F2N2O3. The number of amides is 2. The quantitative estimate of drug-likeness (QED) is 0.844. The molecule has 0 radical (unpaired) electrons. The molecule has 1 N–H and O–H groups in total. The first-order valence-corrected chi connectivity index (χ1v) is 8.70. The van der Waals surface area contributed by atoms with Crippen molar-refractivity contribution in [2.24, 2.45) is 5.92 Å². The van der Waals surface area contributed by atoms with E-state index in [1.165, 1.54) is 4.90 Å². The molecule has 1 heterocycles. The summed E-state index contributed by atoms with van der Waals surface area (Å²) in [6.07, 6.45) is -2.13. The van der Waals surface area contributed by atoms with Gasteiger partial charge in [0.25, 0.3) is 5.91 Å². The summed E-state index contributed by atoms with van der Waals surface area (Å²) in [6, 6.07) is 15.8. The second-order valence-corrected chi connectivity index (χ2v) is 6.35. The predicted octanol–water partition coefficient (Wildman–Crippen LogP) is 3.32. The molecular weight excluding hydrogens is 354 g/mol. The number of likely N-dealkylation sites (tertiary alicyclic amines) is 1. The number of benzene rings is 2. The molecule has 2 aromatic carbocycles. The van der Waals surface area contributed by atoms with Crippen LogP contribution in [-0.2, 0) is 4.79 Å². The first-order chi connectivity index (χ1) is 13.0. The van der Waals surface area contributed by atoms with E-state index in [9.17, 15) is 18.4 Å². The fourth-order valence-electron chi connectivity index (χ4n) is 2.89. The van der Waals surface area contributed by atoms with Crippen LogP contribution in [0.25, 0.3) is 0 Å². The van der Waals surface area contributed by atoms with Crippen molar-refractivity contribution in [1.29, 1.82) is 0 Å². The molecule has 0 aliphatic carbocycles. The van der Waals surface area contributed by atoms with E-state index >= 15 is 0 Å². The van der Waals surface area contributed by atoms with Crippen LogP contribution in [0.15, 0.2) is 54.6 Å². The van der Waals surface area contributed by atoms with Gasteiger partial charge in [-0.2, -0.15) is 0 Å². The fourth-order valence-corrected chi connectivity index (χ4v) is 2.89. The second-order valence-electron chi connectivity index (χ2n) is 6.35. The Bertz CT molecular complexity index is 782. The standard InChI is InChI=1S/C20H20F2N2O3/c21-19(22)15-10-11-24(13-15)18(25)12-23-20(26)14-6-8-17(9-7-14)27-16-4-2-1-3-5-16/h1-9,15,19H,10-13H2,(H,23,26)/t15-/m1/s1. The lowest BCUT2D eigenvalue weighted by molar-refractivity contribution is -0.129. The van der Waals surface area contributed by atoms with Gasteiger partial charge < -0.3 is 15.0 Å². The Labute approximate surface area is 155 Å². The van der Waals surface area contributed by atoms with Crippen LogP contribution in [-0.4, -0.2) is 42.8 Å². The Morgan fingerprint density at radius 2 is 1.74 bits per heavy atom. The van der Waals surface area contributed by atoms with E-state index in [4.69, 9.17) is 4.74 Å². The van der Waals surface area contributed by atoms with Crippen molar-refractivity contribution in [3.63, 3.8) is 0 Å². The van der Waals surface area contributed by atoms with Crippen molar-refractivity contribution in [1.82, 2.24) is 10.2 Å². The number of alkyl halides is 2. The Hall–Kier alpha value is -2.96. The van der Waals surface area contributed by atoms with Gasteiger partial charge in [-0.1, -0.05) is 18.2 Å². The SMILES string of the molecule is O=C(NCC(=O)N1CC[C@@H](C(F)F)C1)c1ccc(Oc2ccccc2)cc1. The van der Waals surface area contributed by atoms with Crippen molar-refractivity contribution in [2.45, 2.75) is 12.8 Å². The molecule has 1 fully saturated rings. The van der Waals surface area contributed by atoms with E-state index in [-0.39, 0.29) is 19.0 Å². The number of nitrogens with zero attached hydrogens (tertiary/aromatic N) is 1. The summed E-state index contributed by atoms with van der Waals surface area (Å²) in [5, 5.41) is 2.53. The Kier molecular flexibility index (Phi) is 6.01. The molecule has 0 saturated carbocycles. The fraction of sp³-hybridized carbons (Fsp3) is 0.300. The molecule has 27 heavy (non-hydrogen) atoms. The largest absolute Gasteiger partial charge is 0.457 e. The second kappa shape index (κ2) is 8.62. The minimum absolute atomic E-state index is 0.0396. The van der Waals surface area contributed by atoms with Crippen molar-refractivity contribution < 1.29 is 23.1 Å². The van der Waals surface area contributed by atoms with E-state index in [1.807, 2.05) is 30.3 Å². The van der Waals surface area contributed by atoms with E-state index in [2.05, 4.69) is 5.32 Å². The number of ether oxygens (including phenoxy) is 1. The average Bonchev–Trinajstić information content (AvgIpc) is 3.18. The lowest BCUT2D eigenvalue weighted by atomic mass is 10.1. The van der Waals surface area contributed by atoms with Gasteiger partial charge in [-0.05, 0) is 42.8 Å². The van der Waals surface area contributed by atoms with Gasteiger partial charge in [-0.3, -0.25) is 9.59 Å². The summed E-state index contributed by atoms with van der Waals surface area (Å²) in [5.74, 6) is -0.256. The van der Waals surface area contributed by atoms with Crippen LogP contribution in [0, 0.1) is 5.92 Å². The number of nitrogens with one attached hydrogen (secondary N) is 1. The lowest BCUT2D eigenvalue weighted by Gasteiger charge is -2.16. The molecule has 2 aromatic rings. The summed E-state index contributed by atoms with van der Waals surface area (Å²) < 4.78 is 31.0. The first-order valence-electron chi connectivity index (χ1n) is 8.70. The van der Waals surface area contributed by atoms with Gasteiger partial charge in [-0.25, -0.2) is 8.78 Å². The zero-order valence-corrected chi connectivity index (χ0v) is 14.6. The summed E-state index contributed by atoms with van der Waals surface area (Å²) in [5.41, 5.74) is 0.384. The molecule has 1 aliphatic rings. The van der Waals surface area contributed by atoms with Crippen LogP contribution in [0.5, 0.6) is 11.5 Å². The normalized spacial score (nSPS) is 16.4. The van der Waals surface area contributed by atoms with Gasteiger partial charge in [0, 0.05) is 24.6 Å². The summed E-state index contributed by atoms with van der Waals surface area (Å²) >= 11 is 0. The molecule has 3 rings (SSSR count). The Morgan fingerprint density at radius 3 is 2.37 bits per heavy atom. The molecule has 1 atom stereocenters. The van der Waals surface area contributed by atoms with Gasteiger partial charge in [0.1, 0.15) is 11.5 Å². The number of hydrogen-bond acceptors (Lipinski definition) is 3. The number of halogens is 2. The summed E-state index contributed by atoms with van der Waals surface area (Å²) in [4.78, 5) is 25.6. The third-order valence-corrected chi connectivity index (χ3v) is 4.43. The molecule has 1 aliphatic heterocycles. The topological polar surface area (TPSA) is 58.6 Å². The molecule has 5 nitrogen and oxygen atoms in total. The monoisotopic (exact) mass is 374 g/mol. The van der Waals surface area contributed by atoms with Gasteiger partial charge in [0.15, 0.2) is 0 Å². The molecule has 142 valence electrons. The third-order valence-electron chi connectivity index (χ3n) is 4.43. The van der Waals surface area contributed by atoms with Gasteiger partial charge in [0.05, 0.1) is 6.54 Å². The van der Waals surface area contributed by atoms with Crippen LogP contribution < -0.4 is 10.1 Å². The number of hydrogen-bond donors (Lipinski definition) is 1. The van der Waals surface area contributed by atoms with Crippen molar-refractivity contribution in [3.05, 3.63) is 60.2 Å². The van der Waals surface area contributed by atoms with E-state index < -0.39 is 18.3 Å². The summed E-state index contributed by atoms with van der Waals surface area (Å²) in [7, 11) is 0. The van der Waals surface area contributed by atoms with Crippen LogP contribution in [0.2, 0.25) is 0 Å². The zero-order valence-electron chi connectivity index (χ0n) is 14.6. The summed E-state index contributed by atoms with van der Waals surface area (Å²) in [6.45, 7) is 0.129. The Morgan fingerprint density at radius 1 is 1.07 bits per heavy atom. The minimum Gasteiger partial charge on any atom is -0.457 e. The van der Waals surface area contributed by atoms with Gasteiger partial charge in [0.2, 0.25) is 12.3 Å². The predicted molar refractivity (Wildman–Crippen MR) is 96.0 cm³/mol. The first kappa shape index (κ1) is 18.8. The third kappa shape index (κ3) is 5.03. The zero-order chi connectivity index (χ0) is 19.2. The van der Waals surface area contributed by atoms with E-state index in [0.717, 1.165) is 0 Å². The highest BCUT2D eigenvalue weighted by atomic mass is 19.3. The van der Waals surface area contributed by atoms with E-state index in [1.54, 1.807) is 24.3 Å².